The van der Waals surface area contributed by atoms with Gasteiger partial charge in [-0.15, -0.1) is 0 Å². The molecule has 0 spiro atoms. The second kappa shape index (κ2) is 5.25. The van der Waals surface area contributed by atoms with Crippen molar-refractivity contribution < 1.29 is 9.72 Å². The molecule has 0 aliphatic heterocycles. The molecule has 0 bridgehead atoms. The second-order valence-electron chi connectivity index (χ2n) is 3.51. The molecule has 0 saturated carbocycles. The first-order valence-corrected chi connectivity index (χ1v) is 5.79. The Bertz CT molecular complexity index is 561. The maximum Gasteiger partial charge on any atom is 0.289 e. The molecular weight excluding hydrogens is 275 g/mol. The zero-order valence-corrected chi connectivity index (χ0v) is 10.6. The van der Waals surface area contributed by atoms with E-state index in [1.807, 2.05) is 0 Å². The number of hydrogen-bond donors (Lipinski definition) is 0. The van der Waals surface area contributed by atoms with Crippen molar-refractivity contribution in [3.05, 3.63) is 69.0 Å². The monoisotopic (exact) mass is 282 g/mol. The average molecular weight is 283 g/mol. The number of nitrogens with zero attached hydrogens (tertiary/aromatic N) is 2. The molecule has 0 atom stereocenters. The maximum atomic E-state index is 11.8. The molecule has 0 fully saturated rings. The number of halogens is 2. The Hall–Kier alpha value is -1.78. The van der Waals surface area contributed by atoms with Gasteiger partial charge in [0.1, 0.15) is 0 Å². The van der Waals surface area contributed by atoms with Crippen LogP contribution in [0.1, 0.15) is 0 Å². The Kier molecular flexibility index (Phi) is 3.69. The van der Waals surface area contributed by atoms with E-state index in [0.29, 0.717) is 10.0 Å². The first-order valence-electron chi connectivity index (χ1n) is 5.03. The highest BCUT2D eigenvalue weighted by atomic mass is 35.5. The molecule has 0 radical (unpaired) electrons. The summed E-state index contributed by atoms with van der Waals surface area (Å²) < 4.78 is 0. The minimum atomic E-state index is 0.150. The number of azo groups is 1. The first kappa shape index (κ1) is 12.7. The van der Waals surface area contributed by atoms with Crippen molar-refractivity contribution in [2.45, 2.75) is 0 Å². The lowest BCUT2D eigenvalue weighted by atomic mass is 10.3. The molecule has 0 amide bonds. The Labute approximate surface area is 113 Å². The lowest BCUT2D eigenvalue weighted by Crippen LogP contribution is -2.08. The standard InChI is InChI=1S/C12H8Cl2N2O2/c13-9-3-1-5-11(7-9)15(17)16(18)12-6-2-4-10(14)8-12/h1-8H/b16-15+. The third kappa shape index (κ3) is 2.72. The zero-order valence-electron chi connectivity index (χ0n) is 9.09. The van der Waals surface area contributed by atoms with Crippen LogP contribution < -0.4 is 0 Å². The topological polar surface area (TPSA) is 52.1 Å². The van der Waals surface area contributed by atoms with E-state index in [2.05, 4.69) is 0 Å². The van der Waals surface area contributed by atoms with E-state index in [0.717, 1.165) is 0 Å². The number of hydrogen-bond acceptors (Lipinski definition) is 2. The highest BCUT2D eigenvalue weighted by Gasteiger charge is 2.15. The molecule has 0 aromatic heterocycles. The Balaban J connectivity index is 2.47. The molecule has 0 aliphatic carbocycles. The Morgan fingerprint density at radius 1 is 0.722 bits per heavy atom. The van der Waals surface area contributed by atoms with Gasteiger partial charge >= 0.3 is 0 Å². The molecule has 92 valence electrons. The minimum absolute atomic E-state index is 0.150. The van der Waals surface area contributed by atoms with Crippen molar-refractivity contribution >= 4 is 34.6 Å². The van der Waals surface area contributed by atoms with Crippen LogP contribution in [0.5, 0.6) is 0 Å². The van der Waals surface area contributed by atoms with Crippen LogP contribution >= 0.6 is 23.2 Å². The third-order valence-electron chi connectivity index (χ3n) is 2.22. The molecular formula is C12H8Cl2N2O2. The van der Waals surface area contributed by atoms with Gasteiger partial charge in [0.25, 0.3) is 11.4 Å². The highest BCUT2D eigenvalue weighted by Crippen LogP contribution is 2.22. The molecule has 0 N–H and O–H groups in total. The van der Waals surface area contributed by atoms with E-state index in [9.17, 15) is 10.4 Å². The highest BCUT2D eigenvalue weighted by molar-refractivity contribution is 6.31. The van der Waals surface area contributed by atoms with Crippen molar-refractivity contribution in [3.8, 4) is 0 Å². The predicted octanol–water partition coefficient (Wildman–Crippen LogP) is 4.43. The molecule has 2 aromatic rings. The van der Waals surface area contributed by atoms with Gasteiger partial charge in [-0.1, -0.05) is 35.3 Å². The SMILES string of the molecule is [O-]/[N+](c1cccc(Cl)c1)=[N+](/[O-])c1cccc(Cl)c1. The summed E-state index contributed by atoms with van der Waals surface area (Å²) in [5, 5.41) is 24.4. The summed E-state index contributed by atoms with van der Waals surface area (Å²) in [5.74, 6) is 0. The molecule has 2 aromatic carbocycles. The van der Waals surface area contributed by atoms with Gasteiger partial charge < -0.3 is 10.4 Å². The summed E-state index contributed by atoms with van der Waals surface area (Å²) in [7, 11) is 0. The summed E-state index contributed by atoms with van der Waals surface area (Å²) in [6.07, 6.45) is 0. The maximum absolute atomic E-state index is 11.8. The van der Waals surface area contributed by atoms with Crippen LogP contribution in [0.4, 0.5) is 11.4 Å². The van der Waals surface area contributed by atoms with Crippen molar-refractivity contribution in [2.75, 3.05) is 0 Å². The molecule has 0 saturated heterocycles. The number of benzene rings is 2. The van der Waals surface area contributed by atoms with Gasteiger partial charge in [0.2, 0.25) is 0 Å². The van der Waals surface area contributed by atoms with Crippen molar-refractivity contribution in [1.82, 2.24) is 0 Å². The molecule has 4 nitrogen and oxygen atoms in total. The molecule has 0 unspecified atom stereocenters. The summed E-state index contributed by atoms with van der Waals surface area (Å²) in [5.41, 5.74) is 0.301. The van der Waals surface area contributed by atoms with E-state index < -0.39 is 0 Å². The normalized spacial score (nSPS) is 12.1. The van der Waals surface area contributed by atoms with Gasteiger partial charge in [-0.3, -0.25) is 0 Å². The van der Waals surface area contributed by atoms with Gasteiger partial charge in [0.05, 0.1) is 9.72 Å². The van der Waals surface area contributed by atoms with Crippen LogP contribution in [-0.4, -0.2) is 9.72 Å². The van der Waals surface area contributed by atoms with Crippen LogP contribution in [0, 0.1) is 10.4 Å². The van der Waals surface area contributed by atoms with Crippen LogP contribution in [0.25, 0.3) is 0 Å². The zero-order chi connectivity index (χ0) is 13.1. The minimum Gasteiger partial charge on any atom is -0.561 e. The van der Waals surface area contributed by atoms with Crippen molar-refractivity contribution in [3.63, 3.8) is 0 Å². The molecule has 0 heterocycles. The van der Waals surface area contributed by atoms with Crippen LogP contribution in [0.2, 0.25) is 10.0 Å². The number of rotatable bonds is 2. The van der Waals surface area contributed by atoms with Gasteiger partial charge in [0.15, 0.2) is 0 Å². The fraction of sp³-hybridized carbons (Fsp3) is 0. The Morgan fingerprint density at radius 3 is 1.44 bits per heavy atom. The fourth-order valence-corrected chi connectivity index (χ4v) is 1.77. The fourth-order valence-electron chi connectivity index (χ4n) is 1.40. The van der Waals surface area contributed by atoms with Gasteiger partial charge in [0, 0.05) is 34.3 Å². The summed E-state index contributed by atoms with van der Waals surface area (Å²) in [6, 6.07) is 12.2. The quantitative estimate of drug-likeness (QED) is 0.465. The van der Waals surface area contributed by atoms with Crippen LogP contribution in [0.3, 0.4) is 0 Å². The van der Waals surface area contributed by atoms with Crippen LogP contribution in [0.15, 0.2) is 48.5 Å². The lowest BCUT2D eigenvalue weighted by Gasteiger charge is -2.03. The van der Waals surface area contributed by atoms with Crippen molar-refractivity contribution in [2.24, 2.45) is 0 Å². The van der Waals surface area contributed by atoms with Crippen molar-refractivity contribution in [1.29, 1.82) is 0 Å². The summed E-state index contributed by atoms with van der Waals surface area (Å²) in [4.78, 5) is 0.412. The van der Waals surface area contributed by atoms with Gasteiger partial charge in [-0.25, -0.2) is 0 Å². The lowest BCUT2D eigenvalue weighted by molar-refractivity contribution is -0.896. The largest absolute Gasteiger partial charge is 0.561 e. The summed E-state index contributed by atoms with van der Waals surface area (Å²) >= 11 is 11.5. The average Bonchev–Trinajstić information content (AvgIpc) is 2.37. The van der Waals surface area contributed by atoms with E-state index in [1.54, 1.807) is 24.3 Å². The molecule has 18 heavy (non-hydrogen) atoms. The smallest absolute Gasteiger partial charge is 0.289 e. The molecule has 6 heteroatoms. The van der Waals surface area contributed by atoms with Gasteiger partial charge in [-0.05, 0) is 12.1 Å². The first-order chi connectivity index (χ1) is 8.58. The van der Waals surface area contributed by atoms with E-state index >= 15 is 0 Å². The van der Waals surface area contributed by atoms with E-state index in [-0.39, 0.29) is 21.1 Å². The molecule has 2 rings (SSSR count). The van der Waals surface area contributed by atoms with E-state index in [1.165, 1.54) is 24.3 Å². The van der Waals surface area contributed by atoms with Gasteiger partial charge in [-0.2, -0.15) is 0 Å². The second-order valence-corrected chi connectivity index (χ2v) is 4.38. The third-order valence-corrected chi connectivity index (χ3v) is 2.69. The predicted molar refractivity (Wildman–Crippen MR) is 69.5 cm³/mol. The van der Waals surface area contributed by atoms with Crippen LogP contribution in [-0.2, 0) is 0 Å². The van der Waals surface area contributed by atoms with E-state index in [4.69, 9.17) is 23.2 Å². The Morgan fingerprint density at radius 2 is 1.11 bits per heavy atom. The molecule has 0 aliphatic rings. The summed E-state index contributed by atoms with van der Waals surface area (Å²) in [6.45, 7) is 0.